The molecule has 0 aromatic heterocycles. The molecule has 6 nitrogen and oxygen atoms in total. The molecule has 1 saturated heterocycles. The number of methoxy groups -OCH3 is 5. The normalized spacial score (nSPS) is 18.1. The molecule has 1 fully saturated rings. The lowest BCUT2D eigenvalue weighted by molar-refractivity contribution is 0.323. The third-order valence-corrected chi connectivity index (χ3v) is 6.99. The van der Waals surface area contributed by atoms with Crippen molar-refractivity contribution in [3.05, 3.63) is 35.4 Å². The van der Waals surface area contributed by atoms with E-state index in [1.54, 1.807) is 35.5 Å². The third-order valence-electron chi connectivity index (χ3n) is 5.32. The SMILES string of the molecule is CCNc1cc([C@H]2CC[C@H](c3cc(OC)c(OC)c(OC)c3)S2)cc(OC)c1OC. The lowest BCUT2D eigenvalue weighted by Crippen LogP contribution is -2.03. The van der Waals surface area contributed by atoms with Crippen LogP contribution in [0.4, 0.5) is 5.69 Å². The van der Waals surface area contributed by atoms with Gasteiger partial charge in [-0.25, -0.2) is 0 Å². The Morgan fingerprint density at radius 2 is 1.20 bits per heavy atom. The number of benzene rings is 2. The van der Waals surface area contributed by atoms with Crippen LogP contribution < -0.4 is 29.0 Å². The smallest absolute Gasteiger partial charge is 0.203 e. The molecule has 0 spiro atoms. The molecule has 1 N–H and O–H groups in total. The topological polar surface area (TPSA) is 58.2 Å². The molecule has 0 bridgehead atoms. The van der Waals surface area contributed by atoms with Crippen molar-refractivity contribution in [2.45, 2.75) is 30.3 Å². The standard InChI is InChI=1S/C23H31NO5S/c1-7-24-16-10-14(11-17(25-2)22(16)28-5)20-8-9-21(30-20)15-12-18(26-3)23(29-6)19(13-15)27-4/h10-13,20-21,24H,7-9H2,1-6H3/t20-,21-/m1/s1. The molecule has 164 valence electrons. The largest absolute Gasteiger partial charge is 0.493 e. The van der Waals surface area contributed by atoms with Gasteiger partial charge in [0.15, 0.2) is 23.0 Å². The van der Waals surface area contributed by atoms with Crippen LogP contribution in [-0.2, 0) is 0 Å². The van der Waals surface area contributed by atoms with E-state index in [0.29, 0.717) is 27.7 Å². The molecule has 2 atom stereocenters. The lowest BCUT2D eigenvalue weighted by Gasteiger charge is -2.19. The molecule has 2 aromatic rings. The van der Waals surface area contributed by atoms with Crippen LogP contribution in [-0.4, -0.2) is 42.1 Å². The summed E-state index contributed by atoms with van der Waals surface area (Å²) in [5.74, 6) is 3.50. The van der Waals surface area contributed by atoms with Crippen LogP contribution in [0, 0.1) is 0 Å². The maximum absolute atomic E-state index is 5.60. The Morgan fingerprint density at radius 3 is 1.63 bits per heavy atom. The molecule has 0 unspecified atom stereocenters. The number of hydrogen-bond acceptors (Lipinski definition) is 7. The molecule has 3 rings (SSSR count). The molecule has 0 aliphatic carbocycles. The Balaban J connectivity index is 1.89. The Labute approximate surface area is 183 Å². The summed E-state index contributed by atoms with van der Waals surface area (Å²) in [5.41, 5.74) is 3.39. The molecule has 7 heteroatoms. The maximum Gasteiger partial charge on any atom is 0.203 e. The van der Waals surface area contributed by atoms with E-state index in [1.165, 1.54) is 11.1 Å². The molecule has 0 amide bonds. The Kier molecular flexibility index (Phi) is 7.48. The van der Waals surface area contributed by atoms with Crippen LogP contribution >= 0.6 is 11.8 Å². The minimum absolute atomic E-state index is 0.347. The Bertz CT molecular complexity index is 848. The summed E-state index contributed by atoms with van der Waals surface area (Å²) in [7, 11) is 8.27. The third kappa shape index (κ3) is 4.36. The van der Waals surface area contributed by atoms with Crippen LogP contribution in [0.5, 0.6) is 28.7 Å². The van der Waals surface area contributed by atoms with Gasteiger partial charge in [-0.1, -0.05) is 0 Å². The molecule has 30 heavy (non-hydrogen) atoms. The highest BCUT2D eigenvalue weighted by Gasteiger charge is 2.30. The van der Waals surface area contributed by atoms with Crippen molar-refractivity contribution < 1.29 is 23.7 Å². The summed E-state index contributed by atoms with van der Waals surface area (Å²) in [6.45, 7) is 2.89. The van der Waals surface area contributed by atoms with E-state index in [2.05, 4.69) is 36.5 Å². The number of nitrogens with one attached hydrogen (secondary N) is 1. The van der Waals surface area contributed by atoms with E-state index < -0.39 is 0 Å². The summed E-state index contributed by atoms with van der Waals surface area (Å²) in [4.78, 5) is 0. The zero-order chi connectivity index (χ0) is 21.7. The van der Waals surface area contributed by atoms with Gasteiger partial charge in [-0.05, 0) is 55.2 Å². The Hall–Kier alpha value is -2.41. The van der Waals surface area contributed by atoms with Gasteiger partial charge < -0.3 is 29.0 Å². The van der Waals surface area contributed by atoms with Crippen molar-refractivity contribution in [2.24, 2.45) is 0 Å². The van der Waals surface area contributed by atoms with Gasteiger partial charge in [-0.15, -0.1) is 11.8 Å². The second kappa shape index (κ2) is 10.1. The van der Waals surface area contributed by atoms with Crippen molar-refractivity contribution >= 4 is 17.4 Å². The highest BCUT2D eigenvalue weighted by atomic mass is 32.2. The fraction of sp³-hybridized carbons (Fsp3) is 0.478. The minimum Gasteiger partial charge on any atom is -0.493 e. The van der Waals surface area contributed by atoms with Crippen molar-refractivity contribution in [3.8, 4) is 28.7 Å². The number of hydrogen-bond donors (Lipinski definition) is 1. The van der Waals surface area contributed by atoms with Gasteiger partial charge in [-0.3, -0.25) is 0 Å². The van der Waals surface area contributed by atoms with E-state index in [1.807, 2.05) is 11.8 Å². The first-order chi connectivity index (χ1) is 14.6. The molecule has 1 heterocycles. The summed E-state index contributed by atoms with van der Waals surface area (Å²) in [6.07, 6.45) is 2.14. The van der Waals surface area contributed by atoms with Crippen molar-refractivity contribution in [1.82, 2.24) is 0 Å². The van der Waals surface area contributed by atoms with Gasteiger partial charge in [0.05, 0.1) is 41.2 Å². The fourth-order valence-corrected chi connectivity index (χ4v) is 5.44. The summed E-state index contributed by atoms with van der Waals surface area (Å²) >= 11 is 1.95. The summed E-state index contributed by atoms with van der Waals surface area (Å²) in [5, 5.41) is 4.10. The second-order valence-corrected chi connectivity index (χ2v) is 8.39. The monoisotopic (exact) mass is 433 g/mol. The van der Waals surface area contributed by atoms with Crippen LogP contribution in [0.3, 0.4) is 0 Å². The van der Waals surface area contributed by atoms with Gasteiger partial charge in [-0.2, -0.15) is 0 Å². The molecule has 2 aromatic carbocycles. The highest BCUT2D eigenvalue weighted by Crippen LogP contribution is 2.55. The van der Waals surface area contributed by atoms with Crippen LogP contribution in [0.25, 0.3) is 0 Å². The second-order valence-electron chi connectivity index (χ2n) is 6.98. The van der Waals surface area contributed by atoms with Gasteiger partial charge in [0.1, 0.15) is 0 Å². The van der Waals surface area contributed by atoms with E-state index in [-0.39, 0.29) is 0 Å². The number of rotatable bonds is 9. The summed E-state index contributed by atoms with van der Waals surface area (Å²) in [6, 6.07) is 8.38. The van der Waals surface area contributed by atoms with Crippen molar-refractivity contribution in [3.63, 3.8) is 0 Å². The first-order valence-corrected chi connectivity index (χ1v) is 11.0. The summed E-state index contributed by atoms with van der Waals surface area (Å²) < 4.78 is 27.7. The van der Waals surface area contributed by atoms with Crippen molar-refractivity contribution in [1.29, 1.82) is 0 Å². The highest BCUT2D eigenvalue weighted by molar-refractivity contribution is 8.00. The number of ether oxygens (including phenoxy) is 5. The minimum atomic E-state index is 0.347. The van der Waals surface area contributed by atoms with Crippen LogP contribution in [0.2, 0.25) is 0 Å². The van der Waals surface area contributed by atoms with E-state index in [0.717, 1.165) is 36.6 Å². The average Bonchev–Trinajstić information content (AvgIpc) is 3.28. The maximum atomic E-state index is 5.60. The van der Waals surface area contributed by atoms with E-state index in [9.17, 15) is 0 Å². The van der Waals surface area contributed by atoms with Gasteiger partial charge in [0.25, 0.3) is 0 Å². The quantitative estimate of drug-likeness (QED) is 0.563. The van der Waals surface area contributed by atoms with Gasteiger partial charge >= 0.3 is 0 Å². The zero-order valence-electron chi connectivity index (χ0n) is 18.5. The van der Waals surface area contributed by atoms with Crippen LogP contribution in [0.1, 0.15) is 41.4 Å². The number of anilines is 1. The molecule has 0 radical (unpaired) electrons. The molecule has 1 aliphatic heterocycles. The predicted molar refractivity (Wildman–Crippen MR) is 122 cm³/mol. The van der Waals surface area contributed by atoms with Crippen molar-refractivity contribution in [2.75, 3.05) is 47.4 Å². The predicted octanol–water partition coefficient (Wildman–Crippen LogP) is 5.47. The molecule has 1 aliphatic rings. The number of thioether (sulfide) groups is 1. The Morgan fingerprint density at radius 1 is 0.733 bits per heavy atom. The zero-order valence-corrected chi connectivity index (χ0v) is 19.4. The van der Waals surface area contributed by atoms with E-state index in [4.69, 9.17) is 23.7 Å². The molecular formula is C23H31NO5S. The average molecular weight is 434 g/mol. The van der Waals surface area contributed by atoms with Gasteiger partial charge in [0, 0.05) is 17.0 Å². The molecule has 0 saturated carbocycles. The lowest BCUT2D eigenvalue weighted by atomic mass is 10.0. The molecular weight excluding hydrogens is 402 g/mol. The fourth-order valence-electron chi connectivity index (χ4n) is 3.91. The van der Waals surface area contributed by atoms with E-state index >= 15 is 0 Å². The first-order valence-electron chi connectivity index (χ1n) is 10.0. The van der Waals surface area contributed by atoms with Crippen LogP contribution in [0.15, 0.2) is 24.3 Å². The first kappa shape index (κ1) is 22.3. The van der Waals surface area contributed by atoms with Gasteiger partial charge in [0.2, 0.25) is 5.75 Å².